The van der Waals surface area contributed by atoms with Crippen molar-refractivity contribution in [3.63, 3.8) is 0 Å². The number of rotatable bonds is 10. The van der Waals surface area contributed by atoms with E-state index in [1.807, 2.05) is 23.1 Å². The van der Waals surface area contributed by atoms with E-state index >= 15 is 0 Å². The zero-order valence-corrected chi connectivity index (χ0v) is 16.1. The number of nitrogens with zero attached hydrogens (tertiary/aromatic N) is 5. The van der Waals surface area contributed by atoms with E-state index in [1.165, 1.54) is 0 Å². The molecule has 0 aliphatic heterocycles. The third-order valence-corrected chi connectivity index (χ3v) is 4.08. The smallest absolute Gasteiger partial charge is 0.191 e. The Labute approximate surface area is 156 Å². The molecule has 2 heterocycles. The molecular weight excluding hydrogens is 326 g/mol. The Morgan fingerprint density at radius 1 is 1.19 bits per heavy atom. The molecule has 0 radical (unpaired) electrons. The standard InChI is InChI=1S/C19H31N7/c1-4-20-19(21-11-7-13-26-14-8-12-24-26)23-16-17-9-10-18(22-15-17)25(5-2)6-3/h8-10,12,14-15H,4-7,11,13,16H2,1-3H3,(H2,20,21,23). The van der Waals surface area contributed by atoms with Gasteiger partial charge in [0.05, 0.1) is 6.54 Å². The predicted molar refractivity (Wildman–Crippen MR) is 107 cm³/mol. The second-order valence-corrected chi connectivity index (χ2v) is 5.94. The lowest BCUT2D eigenvalue weighted by atomic mass is 10.3. The molecule has 2 aromatic rings. The van der Waals surface area contributed by atoms with Crippen LogP contribution < -0.4 is 15.5 Å². The third kappa shape index (κ3) is 6.38. The lowest BCUT2D eigenvalue weighted by molar-refractivity contribution is 0.570. The summed E-state index contributed by atoms with van der Waals surface area (Å²) in [6.45, 7) is 11.5. The number of aliphatic imine (C=N–C) groups is 1. The van der Waals surface area contributed by atoms with Crippen LogP contribution in [0.4, 0.5) is 5.82 Å². The fourth-order valence-corrected chi connectivity index (χ4v) is 2.64. The van der Waals surface area contributed by atoms with Crippen molar-refractivity contribution in [2.75, 3.05) is 31.1 Å². The summed E-state index contributed by atoms with van der Waals surface area (Å²) in [5.41, 5.74) is 1.11. The first-order valence-corrected chi connectivity index (χ1v) is 9.46. The molecule has 0 saturated carbocycles. The van der Waals surface area contributed by atoms with E-state index in [0.29, 0.717) is 6.54 Å². The molecule has 2 rings (SSSR count). The van der Waals surface area contributed by atoms with Gasteiger partial charge < -0.3 is 15.5 Å². The highest BCUT2D eigenvalue weighted by molar-refractivity contribution is 5.79. The van der Waals surface area contributed by atoms with Gasteiger partial charge in [0, 0.05) is 51.3 Å². The molecule has 7 nitrogen and oxygen atoms in total. The molecule has 142 valence electrons. The second-order valence-electron chi connectivity index (χ2n) is 5.94. The normalized spacial score (nSPS) is 11.4. The van der Waals surface area contributed by atoms with Gasteiger partial charge in [-0.05, 0) is 44.9 Å². The largest absolute Gasteiger partial charge is 0.357 e. The molecule has 0 spiro atoms. The van der Waals surface area contributed by atoms with Crippen molar-refractivity contribution in [1.29, 1.82) is 0 Å². The van der Waals surface area contributed by atoms with E-state index < -0.39 is 0 Å². The van der Waals surface area contributed by atoms with Crippen LogP contribution in [0.5, 0.6) is 0 Å². The van der Waals surface area contributed by atoms with E-state index in [-0.39, 0.29) is 0 Å². The van der Waals surface area contributed by atoms with Crippen molar-refractivity contribution < 1.29 is 0 Å². The fourth-order valence-electron chi connectivity index (χ4n) is 2.64. The van der Waals surface area contributed by atoms with Gasteiger partial charge in [-0.3, -0.25) is 4.68 Å². The van der Waals surface area contributed by atoms with E-state index in [0.717, 1.165) is 56.5 Å². The molecule has 2 N–H and O–H groups in total. The summed E-state index contributed by atoms with van der Waals surface area (Å²) in [7, 11) is 0. The Kier molecular flexibility index (Phi) is 8.45. The first kappa shape index (κ1) is 19.8. The van der Waals surface area contributed by atoms with E-state index in [1.54, 1.807) is 6.20 Å². The first-order chi connectivity index (χ1) is 12.8. The second kappa shape index (κ2) is 11.1. The number of aromatic nitrogens is 3. The van der Waals surface area contributed by atoms with Crippen molar-refractivity contribution in [3.8, 4) is 0 Å². The van der Waals surface area contributed by atoms with Crippen LogP contribution in [0.15, 0.2) is 41.8 Å². The number of pyridine rings is 1. The minimum atomic E-state index is 0.611. The highest BCUT2D eigenvalue weighted by Gasteiger charge is 2.03. The highest BCUT2D eigenvalue weighted by Crippen LogP contribution is 2.11. The van der Waals surface area contributed by atoms with Gasteiger partial charge in [0.1, 0.15) is 5.82 Å². The molecule has 0 unspecified atom stereocenters. The molecule has 0 atom stereocenters. The fraction of sp³-hybridized carbons (Fsp3) is 0.526. The minimum Gasteiger partial charge on any atom is -0.357 e. The van der Waals surface area contributed by atoms with Gasteiger partial charge in [-0.2, -0.15) is 5.10 Å². The quantitative estimate of drug-likeness (QED) is 0.388. The van der Waals surface area contributed by atoms with Gasteiger partial charge in [0.25, 0.3) is 0 Å². The Bertz CT molecular complexity index is 630. The molecule has 0 aliphatic carbocycles. The molecular formula is C19H31N7. The van der Waals surface area contributed by atoms with E-state index in [2.05, 4.69) is 63.5 Å². The summed E-state index contributed by atoms with van der Waals surface area (Å²) in [4.78, 5) is 11.4. The summed E-state index contributed by atoms with van der Waals surface area (Å²) >= 11 is 0. The van der Waals surface area contributed by atoms with Crippen molar-refractivity contribution in [1.82, 2.24) is 25.4 Å². The molecule has 0 aromatic carbocycles. The maximum Gasteiger partial charge on any atom is 0.191 e. The monoisotopic (exact) mass is 357 g/mol. The molecule has 0 amide bonds. The van der Waals surface area contributed by atoms with E-state index in [9.17, 15) is 0 Å². The molecule has 7 heteroatoms. The molecule has 2 aromatic heterocycles. The average Bonchev–Trinajstić information content (AvgIpc) is 3.18. The number of anilines is 1. The molecule has 26 heavy (non-hydrogen) atoms. The summed E-state index contributed by atoms with van der Waals surface area (Å²) < 4.78 is 1.94. The minimum absolute atomic E-state index is 0.611. The van der Waals surface area contributed by atoms with Crippen LogP contribution in [0.3, 0.4) is 0 Å². The van der Waals surface area contributed by atoms with Gasteiger partial charge in [-0.25, -0.2) is 9.98 Å². The third-order valence-electron chi connectivity index (χ3n) is 4.08. The van der Waals surface area contributed by atoms with Crippen LogP contribution >= 0.6 is 0 Å². The predicted octanol–water partition coefficient (Wildman–Crippen LogP) is 2.27. The Morgan fingerprint density at radius 2 is 2.04 bits per heavy atom. The van der Waals surface area contributed by atoms with Crippen LogP contribution in [0.2, 0.25) is 0 Å². The SMILES string of the molecule is CCNC(=NCc1ccc(N(CC)CC)nc1)NCCCn1cccn1. The van der Waals surface area contributed by atoms with Crippen molar-refractivity contribution in [3.05, 3.63) is 42.4 Å². The molecule has 0 aliphatic rings. The first-order valence-electron chi connectivity index (χ1n) is 9.46. The molecule has 0 saturated heterocycles. The Balaban J connectivity index is 1.83. The summed E-state index contributed by atoms with van der Waals surface area (Å²) in [6, 6.07) is 6.12. The lowest BCUT2D eigenvalue weighted by Crippen LogP contribution is -2.38. The Hall–Kier alpha value is -2.57. The summed E-state index contributed by atoms with van der Waals surface area (Å²) in [5.74, 6) is 1.85. The van der Waals surface area contributed by atoms with E-state index in [4.69, 9.17) is 0 Å². The Morgan fingerprint density at radius 3 is 2.65 bits per heavy atom. The number of nitrogens with one attached hydrogen (secondary N) is 2. The van der Waals surface area contributed by atoms with Gasteiger partial charge in [-0.15, -0.1) is 0 Å². The van der Waals surface area contributed by atoms with Crippen LogP contribution in [0.1, 0.15) is 32.8 Å². The maximum atomic E-state index is 4.65. The summed E-state index contributed by atoms with van der Waals surface area (Å²) in [6.07, 6.45) is 6.69. The van der Waals surface area contributed by atoms with Crippen molar-refractivity contribution >= 4 is 11.8 Å². The van der Waals surface area contributed by atoms with Crippen LogP contribution in [0.25, 0.3) is 0 Å². The highest BCUT2D eigenvalue weighted by atomic mass is 15.3. The van der Waals surface area contributed by atoms with Crippen molar-refractivity contribution in [2.24, 2.45) is 4.99 Å². The number of guanidine groups is 1. The number of hydrogen-bond acceptors (Lipinski definition) is 4. The molecule has 0 fully saturated rings. The van der Waals surface area contributed by atoms with Gasteiger partial charge in [0.2, 0.25) is 0 Å². The maximum absolute atomic E-state index is 4.65. The van der Waals surface area contributed by atoms with Gasteiger partial charge in [-0.1, -0.05) is 6.07 Å². The van der Waals surface area contributed by atoms with Crippen LogP contribution in [-0.2, 0) is 13.1 Å². The zero-order valence-electron chi connectivity index (χ0n) is 16.1. The number of hydrogen-bond donors (Lipinski definition) is 2. The lowest BCUT2D eigenvalue weighted by Gasteiger charge is -2.19. The molecule has 0 bridgehead atoms. The van der Waals surface area contributed by atoms with Crippen molar-refractivity contribution in [2.45, 2.75) is 40.3 Å². The summed E-state index contributed by atoms with van der Waals surface area (Å²) in [5, 5.41) is 10.9. The topological polar surface area (TPSA) is 70.4 Å². The average molecular weight is 358 g/mol. The van der Waals surface area contributed by atoms with Crippen LogP contribution in [0, 0.1) is 0 Å². The van der Waals surface area contributed by atoms with Gasteiger partial charge >= 0.3 is 0 Å². The van der Waals surface area contributed by atoms with Crippen LogP contribution in [-0.4, -0.2) is 46.9 Å². The number of aryl methyl sites for hydroxylation is 1. The zero-order chi connectivity index (χ0) is 18.6. The van der Waals surface area contributed by atoms with Gasteiger partial charge in [0.15, 0.2) is 5.96 Å².